The Morgan fingerprint density at radius 2 is 1.75 bits per heavy atom. The molecule has 32 heavy (non-hydrogen) atoms. The number of aliphatic hydroxyl groups is 1. The minimum atomic E-state index is -0.988. The molecule has 0 saturated carbocycles. The van der Waals surface area contributed by atoms with E-state index in [0.717, 1.165) is 5.56 Å². The van der Waals surface area contributed by atoms with Crippen LogP contribution in [0.15, 0.2) is 76.6 Å². The predicted octanol–water partition coefficient (Wildman–Crippen LogP) is 5.72. The van der Waals surface area contributed by atoms with Gasteiger partial charge >= 0.3 is 0 Å². The molecule has 2 aromatic carbocycles. The van der Waals surface area contributed by atoms with E-state index in [-0.39, 0.29) is 33.2 Å². The quantitative estimate of drug-likeness (QED) is 0.495. The fraction of sp³-hybridized carbons (Fsp3) is 0.200. The van der Waals surface area contributed by atoms with Crippen molar-refractivity contribution in [1.82, 2.24) is 0 Å². The minimum Gasteiger partial charge on any atom is -0.506 e. The number of amides is 1. The van der Waals surface area contributed by atoms with Gasteiger partial charge in [-0.2, -0.15) is 0 Å². The molecule has 0 aliphatic carbocycles. The molecule has 1 amide bonds. The highest BCUT2D eigenvalue weighted by Gasteiger charge is 2.46. The number of phenolic OH excluding ortho intramolecular Hbond substituents is 1. The normalized spacial score (nSPS) is 16.7. The van der Waals surface area contributed by atoms with Gasteiger partial charge in [-0.15, -0.1) is 0 Å². The molecule has 0 radical (unpaired) electrons. The summed E-state index contributed by atoms with van der Waals surface area (Å²) in [6.45, 7) is 6.24. The maximum absolute atomic E-state index is 13.2. The van der Waals surface area contributed by atoms with Crippen molar-refractivity contribution in [3.8, 4) is 5.75 Å². The number of carbonyl (C=O) groups is 2. The number of Topliss-reactive ketones (excluding diaryl/α,β-unsaturated/α-hetero) is 1. The molecular weight excluding hydrogens is 430 g/mol. The molecule has 2 N–H and O–H groups in total. The fourth-order valence-electron chi connectivity index (χ4n) is 3.80. The lowest BCUT2D eigenvalue weighted by molar-refractivity contribution is -0.117. The molecule has 0 fully saturated rings. The number of phenols is 1. The van der Waals surface area contributed by atoms with Gasteiger partial charge in [0.15, 0.2) is 11.5 Å². The van der Waals surface area contributed by atoms with Crippen LogP contribution in [0.2, 0.25) is 5.02 Å². The lowest BCUT2D eigenvalue weighted by Crippen LogP contribution is -2.31. The number of hydrogen-bond acceptors (Lipinski definition) is 5. The van der Waals surface area contributed by atoms with Crippen LogP contribution in [-0.4, -0.2) is 21.9 Å². The van der Waals surface area contributed by atoms with Gasteiger partial charge in [-0.3, -0.25) is 14.5 Å². The third kappa shape index (κ3) is 3.67. The Morgan fingerprint density at radius 1 is 1.06 bits per heavy atom. The number of rotatable bonds is 4. The summed E-state index contributed by atoms with van der Waals surface area (Å²) in [5.41, 5.74) is 1.51. The molecule has 0 bridgehead atoms. The van der Waals surface area contributed by atoms with Crippen molar-refractivity contribution in [3.05, 3.63) is 94.1 Å². The van der Waals surface area contributed by atoms with Gasteiger partial charge in [-0.05, 0) is 46.9 Å². The van der Waals surface area contributed by atoms with Crippen molar-refractivity contribution >= 4 is 29.0 Å². The van der Waals surface area contributed by atoms with Crippen molar-refractivity contribution < 1.29 is 24.2 Å². The number of furan rings is 1. The monoisotopic (exact) mass is 451 g/mol. The van der Waals surface area contributed by atoms with E-state index in [0.29, 0.717) is 5.56 Å². The fourth-order valence-corrected chi connectivity index (χ4v) is 3.96. The van der Waals surface area contributed by atoms with E-state index in [1.54, 1.807) is 18.2 Å². The van der Waals surface area contributed by atoms with Gasteiger partial charge in [-0.25, -0.2) is 0 Å². The van der Waals surface area contributed by atoms with Crippen LogP contribution in [0.4, 0.5) is 5.69 Å². The average molecular weight is 452 g/mol. The van der Waals surface area contributed by atoms with Gasteiger partial charge in [0.2, 0.25) is 5.78 Å². The van der Waals surface area contributed by atoms with Crippen LogP contribution >= 0.6 is 11.6 Å². The summed E-state index contributed by atoms with van der Waals surface area (Å²) < 4.78 is 5.23. The van der Waals surface area contributed by atoms with Gasteiger partial charge in [0.1, 0.15) is 5.75 Å². The van der Waals surface area contributed by atoms with Crippen molar-refractivity contribution in [2.45, 2.75) is 32.2 Å². The molecular formula is C25H22ClNO5. The van der Waals surface area contributed by atoms with E-state index >= 15 is 0 Å². The molecule has 164 valence electrons. The average Bonchev–Trinajstić information content (AvgIpc) is 3.37. The first-order chi connectivity index (χ1) is 15.1. The van der Waals surface area contributed by atoms with Crippen LogP contribution in [0.3, 0.4) is 0 Å². The highest BCUT2D eigenvalue weighted by atomic mass is 35.5. The Morgan fingerprint density at radius 3 is 2.34 bits per heavy atom. The second kappa shape index (κ2) is 7.88. The maximum Gasteiger partial charge on any atom is 0.294 e. The molecule has 7 heteroatoms. The Kier molecular flexibility index (Phi) is 5.34. The number of ketones is 1. The standard InChI is InChI=1S/C25H22ClNO5/c1-25(2,3)15-8-6-14(7-9-15)21-20(22(29)19-5-4-12-32-19)23(30)24(31)27(21)17-13-16(26)10-11-18(17)28/h4-13,21,28,30H,1-3H3. The van der Waals surface area contributed by atoms with Crippen LogP contribution in [0.25, 0.3) is 0 Å². The number of hydrogen-bond donors (Lipinski definition) is 2. The first kappa shape index (κ1) is 21.7. The maximum atomic E-state index is 13.2. The Bertz CT molecular complexity index is 1220. The number of nitrogens with zero attached hydrogens (tertiary/aromatic N) is 1. The lowest BCUT2D eigenvalue weighted by atomic mass is 9.85. The highest BCUT2D eigenvalue weighted by molar-refractivity contribution is 6.31. The molecule has 6 nitrogen and oxygen atoms in total. The lowest BCUT2D eigenvalue weighted by Gasteiger charge is -2.28. The van der Waals surface area contributed by atoms with Gasteiger partial charge < -0.3 is 14.6 Å². The summed E-state index contributed by atoms with van der Waals surface area (Å²) in [5.74, 6) is -2.35. The smallest absolute Gasteiger partial charge is 0.294 e. The summed E-state index contributed by atoms with van der Waals surface area (Å²) in [6, 6.07) is 13.7. The first-order valence-corrected chi connectivity index (χ1v) is 10.4. The van der Waals surface area contributed by atoms with Crippen LogP contribution < -0.4 is 4.90 Å². The van der Waals surface area contributed by atoms with Crippen LogP contribution in [0, 0.1) is 0 Å². The Hall–Kier alpha value is -3.51. The summed E-state index contributed by atoms with van der Waals surface area (Å²) >= 11 is 6.12. The van der Waals surface area contributed by atoms with Crippen LogP contribution in [0.5, 0.6) is 5.75 Å². The van der Waals surface area contributed by atoms with Gasteiger partial charge in [-0.1, -0.05) is 56.6 Å². The minimum absolute atomic E-state index is 0.00664. The molecule has 0 spiro atoms. The number of aromatic hydroxyl groups is 1. The predicted molar refractivity (Wildman–Crippen MR) is 121 cm³/mol. The molecule has 1 aliphatic rings. The van der Waals surface area contributed by atoms with E-state index in [1.165, 1.54) is 35.4 Å². The van der Waals surface area contributed by atoms with E-state index < -0.39 is 23.5 Å². The highest BCUT2D eigenvalue weighted by Crippen LogP contribution is 2.45. The van der Waals surface area contributed by atoms with Crippen molar-refractivity contribution in [1.29, 1.82) is 0 Å². The SMILES string of the molecule is CC(C)(C)c1ccc(C2C(C(=O)c3ccco3)=C(O)C(=O)N2c2cc(Cl)ccc2O)cc1. The molecule has 1 unspecified atom stereocenters. The number of carbonyl (C=O) groups excluding carboxylic acids is 2. The first-order valence-electron chi connectivity index (χ1n) is 10.0. The summed E-state index contributed by atoms with van der Waals surface area (Å²) in [7, 11) is 0. The molecule has 4 rings (SSSR count). The van der Waals surface area contributed by atoms with Gasteiger partial charge in [0.25, 0.3) is 5.91 Å². The molecule has 1 atom stereocenters. The number of aliphatic hydroxyl groups excluding tert-OH is 1. The summed E-state index contributed by atoms with van der Waals surface area (Å²) in [4.78, 5) is 27.5. The molecule has 1 aromatic heterocycles. The van der Waals surface area contributed by atoms with Crippen LogP contribution in [0.1, 0.15) is 48.5 Å². The summed E-state index contributed by atoms with van der Waals surface area (Å²) in [6.07, 6.45) is 1.34. The van der Waals surface area contributed by atoms with E-state index in [1.807, 2.05) is 12.1 Å². The zero-order chi connectivity index (χ0) is 23.2. The molecule has 3 aromatic rings. The number of benzene rings is 2. The second-order valence-corrected chi connectivity index (χ2v) is 9.09. The second-order valence-electron chi connectivity index (χ2n) is 8.65. The van der Waals surface area contributed by atoms with E-state index in [2.05, 4.69) is 20.8 Å². The van der Waals surface area contributed by atoms with E-state index in [9.17, 15) is 19.8 Å². The van der Waals surface area contributed by atoms with Crippen molar-refractivity contribution in [3.63, 3.8) is 0 Å². The zero-order valence-electron chi connectivity index (χ0n) is 17.8. The van der Waals surface area contributed by atoms with Gasteiger partial charge in [0, 0.05) is 5.02 Å². The largest absolute Gasteiger partial charge is 0.506 e. The van der Waals surface area contributed by atoms with Crippen molar-refractivity contribution in [2.75, 3.05) is 4.90 Å². The zero-order valence-corrected chi connectivity index (χ0v) is 18.6. The third-order valence-electron chi connectivity index (χ3n) is 5.49. The third-order valence-corrected chi connectivity index (χ3v) is 5.72. The number of anilines is 1. The van der Waals surface area contributed by atoms with Crippen molar-refractivity contribution in [2.24, 2.45) is 0 Å². The topological polar surface area (TPSA) is 91.0 Å². The summed E-state index contributed by atoms with van der Waals surface area (Å²) in [5, 5.41) is 21.5. The molecule has 1 aliphatic heterocycles. The van der Waals surface area contributed by atoms with Crippen LogP contribution in [-0.2, 0) is 10.2 Å². The van der Waals surface area contributed by atoms with E-state index in [4.69, 9.17) is 16.0 Å². The number of halogens is 1. The Balaban J connectivity index is 1.90. The Labute approximate surface area is 190 Å². The molecule has 2 heterocycles. The van der Waals surface area contributed by atoms with Gasteiger partial charge in [0.05, 0.1) is 23.6 Å². The molecule has 0 saturated heterocycles.